The minimum atomic E-state index is -4.34. The molecule has 0 radical (unpaired) electrons. The van der Waals surface area contributed by atoms with Gasteiger partial charge in [0.15, 0.2) is 0 Å². The first kappa shape index (κ1) is 24.3. The molecule has 3 rings (SSSR count). The molecular weight excluding hydrogens is 487 g/mol. The van der Waals surface area contributed by atoms with Gasteiger partial charge in [0, 0.05) is 36.7 Å². The predicted molar refractivity (Wildman–Crippen MR) is 130 cm³/mol. The van der Waals surface area contributed by atoms with E-state index in [4.69, 9.17) is 0 Å². The predicted octanol–water partition coefficient (Wildman–Crippen LogP) is 3.26. The smallest absolute Gasteiger partial charge is 0.221 e. The lowest BCUT2D eigenvalue weighted by Gasteiger charge is -2.18. The van der Waals surface area contributed by atoms with Crippen molar-refractivity contribution >= 4 is 42.8 Å². The normalized spacial score (nSPS) is 11.7. The van der Waals surface area contributed by atoms with Gasteiger partial charge in [-0.05, 0) is 24.3 Å². The van der Waals surface area contributed by atoms with Gasteiger partial charge in [0.2, 0.25) is 23.9 Å². The number of benzene rings is 2. The number of nitrogens with zero attached hydrogens (tertiary/aromatic N) is 1. The zero-order valence-electron chi connectivity index (χ0n) is 17.3. The van der Waals surface area contributed by atoms with Crippen molar-refractivity contribution in [3.63, 3.8) is 0 Å². The highest BCUT2D eigenvalue weighted by atomic mass is 32.3. The Morgan fingerprint density at radius 2 is 1.50 bits per heavy atom. The highest BCUT2D eigenvalue weighted by Crippen LogP contribution is 2.30. The van der Waals surface area contributed by atoms with Crippen molar-refractivity contribution in [3.05, 3.63) is 87.3 Å². The van der Waals surface area contributed by atoms with Crippen LogP contribution in [0.5, 0.6) is 0 Å². The lowest BCUT2D eigenvalue weighted by Crippen LogP contribution is -2.32. The van der Waals surface area contributed by atoms with E-state index >= 15 is 0 Å². The standard InChI is InChI=1S/C21H23N3O4S4/c1-22-20(24-12-14-29-16-19-23-13-15-30-19)21(31(25,26)17-8-4-2-5-9-17)32(27,28)18-10-6-3-7-11-18/h2-11,13,15,22,24H,12,14,16H2,1H3. The summed E-state index contributed by atoms with van der Waals surface area (Å²) >= 11 is 3.19. The number of rotatable bonds is 11. The molecule has 0 spiro atoms. The largest absolute Gasteiger partial charge is 0.373 e. The minimum absolute atomic E-state index is 0.0624. The summed E-state index contributed by atoms with van der Waals surface area (Å²) in [4.78, 5) is 4.03. The Hall–Kier alpha value is -2.34. The molecule has 2 N–H and O–H groups in total. The maximum Gasteiger partial charge on any atom is 0.221 e. The Morgan fingerprint density at radius 1 is 0.938 bits per heavy atom. The van der Waals surface area contributed by atoms with Crippen LogP contribution in [0.15, 0.2) is 92.1 Å². The molecule has 1 aromatic heterocycles. The second-order valence-corrected chi connectivity index (χ2v) is 12.6. The molecule has 0 saturated heterocycles. The molecule has 0 saturated carbocycles. The highest BCUT2D eigenvalue weighted by molar-refractivity contribution is 8.14. The zero-order chi connectivity index (χ0) is 23.0. The molecule has 1 heterocycles. The molecule has 0 aliphatic heterocycles. The molecular formula is C21H23N3O4S4. The van der Waals surface area contributed by atoms with Gasteiger partial charge >= 0.3 is 0 Å². The van der Waals surface area contributed by atoms with Gasteiger partial charge < -0.3 is 10.6 Å². The van der Waals surface area contributed by atoms with Crippen LogP contribution in [0.4, 0.5) is 0 Å². The Labute approximate surface area is 196 Å². The first-order chi connectivity index (χ1) is 15.4. The van der Waals surface area contributed by atoms with Crippen molar-refractivity contribution < 1.29 is 16.8 Å². The molecule has 32 heavy (non-hydrogen) atoms. The third-order valence-electron chi connectivity index (χ3n) is 4.31. The topological polar surface area (TPSA) is 105 Å². The van der Waals surface area contributed by atoms with Crippen molar-refractivity contribution in [3.8, 4) is 0 Å². The van der Waals surface area contributed by atoms with Crippen molar-refractivity contribution in [2.24, 2.45) is 0 Å². The molecule has 7 nitrogen and oxygen atoms in total. The Balaban J connectivity index is 1.95. The molecule has 3 aromatic rings. The summed E-state index contributed by atoms with van der Waals surface area (Å²) in [6, 6.07) is 15.1. The van der Waals surface area contributed by atoms with Crippen LogP contribution < -0.4 is 10.6 Å². The highest BCUT2D eigenvalue weighted by Gasteiger charge is 2.37. The van der Waals surface area contributed by atoms with E-state index in [1.54, 1.807) is 65.7 Å². The van der Waals surface area contributed by atoms with Gasteiger partial charge in [-0.2, -0.15) is 11.8 Å². The van der Waals surface area contributed by atoms with Crippen molar-refractivity contribution in [2.75, 3.05) is 19.3 Å². The Kier molecular flexibility index (Phi) is 8.35. The van der Waals surface area contributed by atoms with Crippen LogP contribution in [0.25, 0.3) is 0 Å². The van der Waals surface area contributed by atoms with Crippen LogP contribution in [-0.4, -0.2) is 41.2 Å². The fourth-order valence-corrected chi connectivity index (χ4v) is 8.46. The number of hydrogen-bond donors (Lipinski definition) is 2. The molecule has 0 aliphatic rings. The maximum absolute atomic E-state index is 13.5. The second-order valence-electron chi connectivity index (χ2n) is 6.45. The minimum Gasteiger partial charge on any atom is -0.373 e. The number of thiazole rings is 1. The summed E-state index contributed by atoms with van der Waals surface area (Å²) in [6.07, 6.45) is 1.75. The number of hydrogen-bond acceptors (Lipinski definition) is 9. The average Bonchev–Trinajstić information content (AvgIpc) is 3.32. The van der Waals surface area contributed by atoms with Gasteiger partial charge in [0.1, 0.15) is 10.8 Å². The molecule has 0 fully saturated rings. The Morgan fingerprint density at radius 3 is 1.97 bits per heavy atom. The van der Waals surface area contributed by atoms with Gasteiger partial charge in [-0.3, -0.25) is 0 Å². The molecule has 0 aliphatic carbocycles. The monoisotopic (exact) mass is 509 g/mol. The summed E-state index contributed by atoms with van der Waals surface area (Å²) in [7, 11) is -7.20. The van der Waals surface area contributed by atoms with E-state index in [0.29, 0.717) is 12.3 Å². The lowest BCUT2D eigenvalue weighted by atomic mass is 10.4. The van der Waals surface area contributed by atoms with Gasteiger partial charge in [0.05, 0.1) is 9.79 Å². The molecule has 0 atom stereocenters. The molecule has 170 valence electrons. The van der Waals surface area contributed by atoms with E-state index < -0.39 is 23.9 Å². The molecule has 2 aromatic carbocycles. The number of aromatic nitrogens is 1. The zero-order valence-corrected chi connectivity index (χ0v) is 20.5. The number of nitrogens with one attached hydrogen (secondary N) is 2. The summed E-state index contributed by atoms with van der Waals surface area (Å²) < 4.78 is 53.2. The molecule has 0 unspecified atom stereocenters. The lowest BCUT2D eigenvalue weighted by molar-refractivity contribution is 0.592. The Bertz CT molecular complexity index is 1170. The summed E-state index contributed by atoms with van der Waals surface area (Å²) in [6.45, 7) is 0.365. The van der Waals surface area contributed by atoms with E-state index in [1.807, 2.05) is 5.38 Å². The van der Waals surface area contributed by atoms with Crippen LogP contribution in [0, 0.1) is 0 Å². The van der Waals surface area contributed by atoms with Crippen molar-refractivity contribution in [1.29, 1.82) is 0 Å². The van der Waals surface area contributed by atoms with Gasteiger partial charge in [0.25, 0.3) is 0 Å². The van der Waals surface area contributed by atoms with Crippen LogP contribution in [0.1, 0.15) is 5.01 Å². The van der Waals surface area contributed by atoms with Crippen LogP contribution in [-0.2, 0) is 25.4 Å². The van der Waals surface area contributed by atoms with Gasteiger partial charge in [-0.25, -0.2) is 21.8 Å². The SMILES string of the molecule is CNC(NCCSCc1nccs1)=C(S(=O)(=O)c1ccccc1)S(=O)(=O)c1ccccc1. The fraction of sp³-hybridized carbons (Fsp3) is 0.190. The van der Waals surface area contributed by atoms with Gasteiger partial charge in [-0.1, -0.05) is 36.4 Å². The third kappa shape index (κ3) is 5.71. The third-order valence-corrected chi connectivity index (χ3v) is 10.7. The van der Waals surface area contributed by atoms with Crippen LogP contribution in [0.3, 0.4) is 0 Å². The first-order valence-corrected chi connectivity index (χ1v) is 14.6. The van der Waals surface area contributed by atoms with Crippen LogP contribution >= 0.6 is 23.1 Å². The van der Waals surface area contributed by atoms with Crippen LogP contribution in [0.2, 0.25) is 0 Å². The van der Waals surface area contributed by atoms with E-state index in [1.165, 1.54) is 31.3 Å². The average molecular weight is 510 g/mol. The summed E-state index contributed by atoms with van der Waals surface area (Å²) in [5, 5.41) is 8.63. The quantitative estimate of drug-likeness (QED) is 0.380. The van der Waals surface area contributed by atoms with Crippen molar-refractivity contribution in [2.45, 2.75) is 15.5 Å². The number of thioether (sulfide) groups is 1. The van der Waals surface area contributed by atoms with E-state index in [-0.39, 0.29) is 15.6 Å². The number of sulfone groups is 2. The maximum atomic E-state index is 13.5. The van der Waals surface area contributed by atoms with Crippen molar-refractivity contribution in [1.82, 2.24) is 15.6 Å². The summed E-state index contributed by atoms with van der Waals surface area (Å²) in [5.74, 6) is 1.30. The fourth-order valence-electron chi connectivity index (χ4n) is 2.82. The molecule has 11 heteroatoms. The van der Waals surface area contributed by atoms with Gasteiger partial charge in [-0.15, -0.1) is 11.3 Å². The van der Waals surface area contributed by atoms with E-state index in [0.717, 1.165) is 10.8 Å². The first-order valence-electron chi connectivity index (χ1n) is 9.59. The second kappa shape index (κ2) is 11.0. The van der Waals surface area contributed by atoms with E-state index in [2.05, 4.69) is 15.6 Å². The molecule has 0 bridgehead atoms. The molecule has 0 amide bonds. The summed E-state index contributed by atoms with van der Waals surface area (Å²) in [5.41, 5.74) is 0. The van der Waals surface area contributed by atoms with E-state index in [9.17, 15) is 16.8 Å².